The fourth-order valence-electron chi connectivity index (χ4n) is 3.16. The Morgan fingerprint density at radius 2 is 1.64 bits per heavy atom. The molecule has 122 valence electrons. The zero-order valence-electron chi connectivity index (χ0n) is 13.2. The maximum atomic E-state index is 13.8. The molecule has 1 heterocycles. The number of aromatic hydroxyl groups is 1. The van der Waals surface area contributed by atoms with Crippen LogP contribution in [0.1, 0.15) is 10.4 Å². The zero-order valence-corrected chi connectivity index (χ0v) is 13.2. The van der Waals surface area contributed by atoms with Crippen molar-refractivity contribution in [3.63, 3.8) is 0 Å². The third kappa shape index (κ3) is 2.48. The number of benzene rings is 3. The molecule has 0 radical (unpaired) electrons. The molecule has 3 aromatic carbocycles. The van der Waals surface area contributed by atoms with Crippen molar-refractivity contribution in [2.24, 2.45) is 0 Å². The van der Waals surface area contributed by atoms with Crippen molar-refractivity contribution in [2.45, 2.75) is 0 Å². The summed E-state index contributed by atoms with van der Waals surface area (Å²) in [5.41, 5.74) is 3.50. The molecule has 3 nitrogen and oxygen atoms in total. The number of carbonyl (C=O) groups is 1. The van der Waals surface area contributed by atoms with Crippen LogP contribution >= 0.6 is 0 Å². The number of phenolic OH excluding ortho intramolecular Hbond substituents is 1. The van der Waals surface area contributed by atoms with Crippen LogP contribution in [0.25, 0.3) is 27.8 Å². The first-order valence-corrected chi connectivity index (χ1v) is 7.83. The van der Waals surface area contributed by atoms with Crippen LogP contribution in [0.5, 0.6) is 5.75 Å². The number of aldehydes is 1. The number of rotatable bonds is 3. The van der Waals surface area contributed by atoms with Crippen LogP contribution in [0.3, 0.4) is 0 Å². The van der Waals surface area contributed by atoms with E-state index < -0.39 is 5.82 Å². The molecule has 4 heteroatoms. The van der Waals surface area contributed by atoms with Crippen molar-refractivity contribution in [1.29, 1.82) is 0 Å². The molecule has 0 atom stereocenters. The number of hydrogen-bond donors (Lipinski definition) is 1. The standard InChI is InChI=1S/C21H14FNO2/c22-15-6-11-20-18(12-15)19(13-24)21(14-4-2-1-3-5-14)23(20)16-7-9-17(25)10-8-16/h1-13,25H. The first kappa shape index (κ1) is 15.1. The van der Waals surface area contributed by atoms with E-state index in [0.717, 1.165) is 23.1 Å². The molecule has 0 aliphatic rings. The summed E-state index contributed by atoms with van der Waals surface area (Å²) in [5.74, 6) is -0.235. The van der Waals surface area contributed by atoms with Crippen LogP contribution in [0.15, 0.2) is 72.8 Å². The van der Waals surface area contributed by atoms with E-state index in [-0.39, 0.29) is 5.75 Å². The van der Waals surface area contributed by atoms with E-state index in [1.54, 1.807) is 30.3 Å². The third-order valence-electron chi connectivity index (χ3n) is 4.24. The Kier molecular flexibility index (Phi) is 3.58. The largest absolute Gasteiger partial charge is 0.508 e. The predicted molar refractivity (Wildman–Crippen MR) is 95.7 cm³/mol. The van der Waals surface area contributed by atoms with Crippen molar-refractivity contribution in [1.82, 2.24) is 4.57 Å². The number of carbonyl (C=O) groups excluding carboxylic acids is 1. The summed E-state index contributed by atoms with van der Waals surface area (Å²) in [5, 5.41) is 10.1. The zero-order chi connectivity index (χ0) is 17.4. The lowest BCUT2D eigenvalue weighted by Gasteiger charge is -2.12. The minimum atomic E-state index is -0.391. The van der Waals surface area contributed by atoms with Gasteiger partial charge in [-0.2, -0.15) is 0 Å². The van der Waals surface area contributed by atoms with Gasteiger partial charge in [0.15, 0.2) is 6.29 Å². The number of aromatic nitrogens is 1. The molecule has 0 fully saturated rings. The van der Waals surface area contributed by atoms with E-state index >= 15 is 0 Å². The highest BCUT2D eigenvalue weighted by Gasteiger charge is 2.19. The molecule has 0 aliphatic carbocycles. The monoisotopic (exact) mass is 331 g/mol. The number of phenols is 1. The van der Waals surface area contributed by atoms with Gasteiger partial charge in [-0.1, -0.05) is 30.3 Å². The lowest BCUT2D eigenvalue weighted by molar-refractivity contribution is 0.112. The van der Waals surface area contributed by atoms with Gasteiger partial charge in [0.2, 0.25) is 0 Å². The second kappa shape index (κ2) is 5.91. The molecule has 0 amide bonds. The van der Waals surface area contributed by atoms with E-state index in [4.69, 9.17) is 0 Å². The van der Waals surface area contributed by atoms with Gasteiger partial charge in [-0.05, 0) is 48.0 Å². The quantitative estimate of drug-likeness (QED) is 0.539. The molecule has 0 spiro atoms. The lowest BCUT2D eigenvalue weighted by Crippen LogP contribution is -1.98. The van der Waals surface area contributed by atoms with Gasteiger partial charge in [-0.3, -0.25) is 4.79 Å². The molecular weight excluding hydrogens is 317 g/mol. The van der Waals surface area contributed by atoms with E-state index in [0.29, 0.717) is 16.6 Å². The molecule has 0 bridgehead atoms. The smallest absolute Gasteiger partial charge is 0.152 e. The van der Waals surface area contributed by atoms with Crippen LogP contribution in [0.2, 0.25) is 0 Å². The first-order chi connectivity index (χ1) is 12.2. The molecule has 4 aromatic rings. The molecule has 1 aromatic heterocycles. The Morgan fingerprint density at radius 1 is 0.920 bits per heavy atom. The van der Waals surface area contributed by atoms with Gasteiger partial charge >= 0.3 is 0 Å². The van der Waals surface area contributed by atoms with Crippen LogP contribution in [-0.2, 0) is 0 Å². The van der Waals surface area contributed by atoms with Gasteiger partial charge in [0.05, 0.1) is 11.2 Å². The van der Waals surface area contributed by atoms with Crippen LogP contribution < -0.4 is 0 Å². The summed E-state index contributed by atoms with van der Waals surface area (Å²) in [4.78, 5) is 11.8. The molecule has 25 heavy (non-hydrogen) atoms. The van der Waals surface area contributed by atoms with Crippen molar-refractivity contribution < 1.29 is 14.3 Å². The summed E-state index contributed by atoms with van der Waals surface area (Å²) in [6.07, 6.45) is 0.765. The van der Waals surface area contributed by atoms with Crippen LogP contribution in [0.4, 0.5) is 4.39 Å². The molecule has 0 unspecified atom stereocenters. The Labute approximate surface area is 143 Å². The van der Waals surface area contributed by atoms with Gasteiger partial charge in [-0.25, -0.2) is 4.39 Å². The highest BCUT2D eigenvalue weighted by atomic mass is 19.1. The van der Waals surface area contributed by atoms with Gasteiger partial charge < -0.3 is 9.67 Å². The fourth-order valence-corrected chi connectivity index (χ4v) is 3.16. The molecule has 4 rings (SSSR count). The Hall–Kier alpha value is -3.40. The Bertz CT molecular complexity index is 1070. The second-order valence-corrected chi connectivity index (χ2v) is 5.76. The second-order valence-electron chi connectivity index (χ2n) is 5.76. The molecule has 0 saturated heterocycles. The number of nitrogens with zero attached hydrogens (tertiary/aromatic N) is 1. The maximum Gasteiger partial charge on any atom is 0.152 e. The molecule has 1 N–H and O–H groups in total. The average molecular weight is 331 g/mol. The summed E-state index contributed by atoms with van der Waals surface area (Å²) in [6, 6.07) is 20.6. The first-order valence-electron chi connectivity index (χ1n) is 7.83. The maximum absolute atomic E-state index is 13.8. The van der Waals surface area contributed by atoms with Gasteiger partial charge in [0.25, 0.3) is 0 Å². The average Bonchev–Trinajstić information content (AvgIpc) is 2.96. The van der Waals surface area contributed by atoms with E-state index in [1.807, 2.05) is 34.9 Å². The summed E-state index contributed by atoms with van der Waals surface area (Å²) < 4.78 is 15.7. The van der Waals surface area contributed by atoms with Crippen molar-refractivity contribution in [3.05, 3.63) is 84.2 Å². The highest BCUT2D eigenvalue weighted by molar-refractivity contribution is 6.06. The lowest BCUT2D eigenvalue weighted by atomic mass is 10.1. The number of halogens is 1. The highest BCUT2D eigenvalue weighted by Crippen LogP contribution is 2.36. The minimum Gasteiger partial charge on any atom is -0.508 e. The minimum absolute atomic E-state index is 0.156. The number of fused-ring (bicyclic) bond motifs is 1. The Morgan fingerprint density at radius 3 is 2.32 bits per heavy atom. The Balaban J connectivity index is 2.15. The third-order valence-corrected chi connectivity index (χ3v) is 4.24. The van der Waals surface area contributed by atoms with Gasteiger partial charge in [0.1, 0.15) is 11.6 Å². The fraction of sp³-hybridized carbons (Fsp3) is 0. The summed E-state index contributed by atoms with van der Waals surface area (Å²) in [7, 11) is 0. The van der Waals surface area contributed by atoms with Crippen molar-refractivity contribution in [2.75, 3.05) is 0 Å². The van der Waals surface area contributed by atoms with Crippen LogP contribution in [-0.4, -0.2) is 16.0 Å². The molecule has 0 saturated carbocycles. The van der Waals surface area contributed by atoms with Gasteiger partial charge in [0, 0.05) is 16.6 Å². The molecule has 0 aliphatic heterocycles. The van der Waals surface area contributed by atoms with Crippen molar-refractivity contribution >= 4 is 17.2 Å². The van der Waals surface area contributed by atoms with Gasteiger partial charge in [-0.15, -0.1) is 0 Å². The normalized spacial score (nSPS) is 10.9. The number of hydrogen-bond acceptors (Lipinski definition) is 2. The van der Waals surface area contributed by atoms with Crippen LogP contribution in [0, 0.1) is 5.82 Å². The van der Waals surface area contributed by atoms with E-state index in [9.17, 15) is 14.3 Å². The SMILES string of the molecule is O=Cc1c(-c2ccccc2)n(-c2ccc(O)cc2)c2ccc(F)cc12. The summed E-state index contributed by atoms with van der Waals surface area (Å²) in [6.45, 7) is 0. The summed E-state index contributed by atoms with van der Waals surface area (Å²) >= 11 is 0. The predicted octanol–water partition coefficient (Wildman–Crippen LogP) is 4.95. The van der Waals surface area contributed by atoms with E-state index in [2.05, 4.69) is 0 Å². The topological polar surface area (TPSA) is 42.2 Å². The molecular formula is C21H14FNO2. The van der Waals surface area contributed by atoms with Crippen molar-refractivity contribution in [3.8, 4) is 22.7 Å². The van der Waals surface area contributed by atoms with E-state index in [1.165, 1.54) is 12.1 Å².